The molecule has 1 heterocycles. The van der Waals surface area contributed by atoms with Gasteiger partial charge in [0.15, 0.2) is 5.01 Å². The van der Waals surface area contributed by atoms with Crippen LogP contribution >= 0.6 is 23.1 Å². The van der Waals surface area contributed by atoms with Gasteiger partial charge in [-0.15, -0.1) is 35.1 Å². The lowest BCUT2D eigenvalue weighted by atomic mass is 10.0. The van der Waals surface area contributed by atoms with Crippen LogP contribution in [0.5, 0.6) is 5.75 Å². The van der Waals surface area contributed by atoms with Crippen molar-refractivity contribution in [1.29, 1.82) is 0 Å². The molecule has 0 radical (unpaired) electrons. The molecule has 0 saturated carbocycles. The number of anilines is 2. The Hall–Kier alpha value is -2.79. The van der Waals surface area contributed by atoms with Crippen LogP contribution in [0, 0.1) is 5.92 Å². The normalized spacial score (nSPS) is 12.2. The fraction of sp³-hybridized carbons (Fsp3) is 0.423. The second-order valence-corrected chi connectivity index (χ2v) is 10.4. The first-order chi connectivity index (χ1) is 17.8. The number of carbonyl (C=O) groups excluding carboxylic acids is 1. The lowest BCUT2D eigenvalue weighted by Crippen LogP contribution is -2.16. The van der Waals surface area contributed by atoms with Crippen molar-refractivity contribution < 1.29 is 27.4 Å². The highest BCUT2D eigenvalue weighted by Crippen LogP contribution is 2.35. The summed E-state index contributed by atoms with van der Waals surface area (Å²) in [4.78, 5) is 13.2. The van der Waals surface area contributed by atoms with Crippen molar-refractivity contribution in [2.75, 3.05) is 17.7 Å². The van der Waals surface area contributed by atoms with Crippen LogP contribution < -0.4 is 10.1 Å². The van der Waals surface area contributed by atoms with E-state index in [1.54, 1.807) is 11.8 Å². The predicted octanol–water partition coefficient (Wildman–Crippen LogP) is 8.09. The number of ether oxygens (including phenoxy) is 2. The quantitative estimate of drug-likeness (QED) is 0.160. The minimum absolute atomic E-state index is 0.186. The number of hydrogen-bond donors (Lipinski definition) is 1. The number of carbonyl (C=O) groups is 1. The molecule has 0 amide bonds. The lowest BCUT2D eigenvalue weighted by Gasteiger charge is -2.14. The summed E-state index contributed by atoms with van der Waals surface area (Å²) in [5.41, 5.74) is 1.45. The van der Waals surface area contributed by atoms with Gasteiger partial charge in [-0.2, -0.15) is 0 Å². The van der Waals surface area contributed by atoms with Crippen molar-refractivity contribution >= 4 is 39.9 Å². The Morgan fingerprint density at radius 3 is 2.57 bits per heavy atom. The van der Waals surface area contributed by atoms with E-state index in [2.05, 4.69) is 34.1 Å². The minimum Gasteiger partial charge on any atom is -0.465 e. The largest absolute Gasteiger partial charge is 0.573 e. The monoisotopic (exact) mass is 553 g/mol. The number of halogens is 3. The van der Waals surface area contributed by atoms with Gasteiger partial charge in [0.2, 0.25) is 5.13 Å². The van der Waals surface area contributed by atoms with Gasteiger partial charge in [0.1, 0.15) is 5.75 Å². The smallest absolute Gasteiger partial charge is 0.465 e. The van der Waals surface area contributed by atoms with Gasteiger partial charge in [0.25, 0.3) is 0 Å². The molecule has 0 spiro atoms. The van der Waals surface area contributed by atoms with Crippen LogP contribution in [-0.4, -0.2) is 34.9 Å². The van der Waals surface area contributed by atoms with Crippen LogP contribution in [0.15, 0.2) is 53.4 Å². The van der Waals surface area contributed by atoms with Crippen LogP contribution in [0.3, 0.4) is 0 Å². The van der Waals surface area contributed by atoms with E-state index < -0.39 is 6.36 Å². The number of rotatable bonds is 14. The molecule has 0 aliphatic rings. The highest BCUT2D eigenvalue weighted by atomic mass is 32.2. The first kappa shape index (κ1) is 28.8. The van der Waals surface area contributed by atoms with Crippen molar-refractivity contribution in [2.45, 2.75) is 57.2 Å². The molecule has 0 fully saturated rings. The SMILES string of the molecule is CCCCC(CC)COC(=O)CCSc1ccccc1-c1nnc(Nc2ccc(OC(F)(F)F)cc2)s1. The summed E-state index contributed by atoms with van der Waals surface area (Å²) >= 11 is 2.87. The van der Waals surface area contributed by atoms with Gasteiger partial charge < -0.3 is 14.8 Å². The van der Waals surface area contributed by atoms with Gasteiger partial charge in [-0.05, 0) is 42.7 Å². The van der Waals surface area contributed by atoms with E-state index in [0.29, 0.717) is 40.5 Å². The average molecular weight is 554 g/mol. The summed E-state index contributed by atoms with van der Waals surface area (Å²) in [7, 11) is 0. The molecule has 37 heavy (non-hydrogen) atoms. The number of aromatic nitrogens is 2. The topological polar surface area (TPSA) is 73.3 Å². The van der Waals surface area contributed by atoms with E-state index in [1.807, 2.05) is 24.3 Å². The van der Waals surface area contributed by atoms with Gasteiger partial charge in [-0.3, -0.25) is 4.79 Å². The van der Waals surface area contributed by atoms with Gasteiger partial charge in [0.05, 0.1) is 13.0 Å². The zero-order valence-corrected chi connectivity index (χ0v) is 22.3. The molecule has 6 nitrogen and oxygen atoms in total. The molecule has 3 rings (SSSR count). The molecule has 0 saturated heterocycles. The van der Waals surface area contributed by atoms with E-state index in [-0.39, 0.29) is 11.7 Å². The Kier molecular flexibility index (Phi) is 11.1. The summed E-state index contributed by atoms with van der Waals surface area (Å²) in [6.45, 7) is 4.76. The highest BCUT2D eigenvalue weighted by Gasteiger charge is 2.31. The van der Waals surface area contributed by atoms with Crippen molar-refractivity contribution in [3.63, 3.8) is 0 Å². The van der Waals surface area contributed by atoms with E-state index in [1.165, 1.54) is 35.6 Å². The predicted molar refractivity (Wildman–Crippen MR) is 141 cm³/mol. The Bertz CT molecular complexity index is 1120. The lowest BCUT2D eigenvalue weighted by molar-refractivity contribution is -0.274. The molecule has 0 aliphatic carbocycles. The van der Waals surface area contributed by atoms with Crippen molar-refractivity contribution in [3.8, 4) is 16.3 Å². The summed E-state index contributed by atoms with van der Waals surface area (Å²) in [6, 6.07) is 13.1. The molecule has 0 bridgehead atoms. The second kappa shape index (κ2) is 14.2. The molecular formula is C26H30F3N3O3S2. The number of nitrogens with one attached hydrogen (secondary N) is 1. The molecule has 1 unspecified atom stereocenters. The number of thioether (sulfide) groups is 1. The molecule has 2 aromatic carbocycles. The summed E-state index contributed by atoms with van der Waals surface area (Å²) in [5, 5.41) is 12.6. The van der Waals surface area contributed by atoms with E-state index in [0.717, 1.165) is 36.1 Å². The fourth-order valence-corrected chi connectivity index (χ4v) is 5.29. The standard InChI is InChI=1S/C26H30F3N3O3S2/c1-3-5-8-18(4-2)17-34-23(33)15-16-36-22-10-7-6-9-21(22)24-31-32-25(37-24)30-19-11-13-20(14-12-19)35-26(27,28)29/h6-7,9-14,18H,3-5,8,15-17H2,1-2H3,(H,30,32). The summed E-state index contributed by atoms with van der Waals surface area (Å²) in [5.74, 6) is 0.517. The molecule has 200 valence electrons. The number of unbranched alkanes of at least 4 members (excludes halogenated alkanes) is 1. The Balaban J connectivity index is 1.53. The first-order valence-corrected chi connectivity index (χ1v) is 13.9. The molecule has 1 N–H and O–H groups in total. The van der Waals surface area contributed by atoms with E-state index in [9.17, 15) is 18.0 Å². The summed E-state index contributed by atoms with van der Waals surface area (Å²) < 4.78 is 46.4. The molecule has 11 heteroatoms. The Morgan fingerprint density at radius 2 is 1.86 bits per heavy atom. The molecule has 1 aromatic heterocycles. The van der Waals surface area contributed by atoms with Crippen molar-refractivity contribution in [3.05, 3.63) is 48.5 Å². The van der Waals surface area contributed by atoms with Gasteiger partial charge in [-0.25, -0.2) is 0 Å². The Morgan fingerprint density at radius 1 is 1.11 bits per heavy atom. The molecule has 0 aliphatic heterocycles. The fourth-order valence-electron chi connectivity index (χ4n) is 3.44. The zero-order valence-electron chi connectivity index (χ0n) is 20.7. The average Bonchev–Trinajstić information content (AvgIpc) is 3.33. The van der Waals surface area contributed by atoms with Gasteiger partial charge >= 0.3 is 12.3 Å². The summed E-state index contributed by atoms with van der Waals surface area (Å²) in [6.07, 6.45) is -0.0403. The van der Waals surface area contributed by atoms with Crippen molar-refractivity contribution in [2.24, 2.45) is 5.92 Å². The highest BCUT2D eigenvalue weighted by molar-refractivity contribution is 7.99. The number of hydrogen-bond acceptors (Lipinski definition) is 8. The third kappa shape index (κ3) is 9.88. The molecule has 1 atom stereocenters. The number of esters is 1. The minimum atomic E-state index is -4.73. The third-order valence-corrected chi connectivity index (χ3v) is 7.42. The Labute approximate surface area is 223 Å². The maximum Gasteiger partial charge on any atom is 0.573 e. The van der Waals surface area contributed by atoms with Crippen LogP contribution in [0.4, 0.5) is 24.0 Å². The van der Waals surface area contributed by atoms with E-state index in [4.69, 9.17) is 4.74 Å². The number of benzene rings is 2. The van der Waals surface area contributed by atoms with Crippen LogP contribution in [0.25, 0.3) is 10.6 Å². The van der Waals surface area contributed by atoms with Crippen molar-refractivity contribution in [1.82, 2.24) is 10.2 Å². The maximum atomic E-state index is 12.3. The van der Waals surface area contributed by atoms with Crippen LogP contribution in [-0.2, 0) is 9.53 Å². The van der Waals surface area contributed by atoms with Crippen LogP contribution in [0.2, 0.25) is 0 Å². The number of alkyl halides is 3. The van der Waals surface area contributed by atoms with Gasteiger partial charge in [-0.1, -0.05) is 62.6 Å². The van der Waals surface area contributed by atoms with Gasteiger partial charge in [0, 0.05) is 21.9 Å². The second-order valence-electron chi connectivity index (χ2n) is 8.30. The zero-order chi connectivity index (χ0) is 26.7. The molecule has 3 aromatic rings. The van der Waals surface area contributed by atoms with E-state index >= 15 is 0 Å². The third-order valence-electron chi connectivity index (χ3n) is 5.47. The van der Waals surface area contributed by atoms with Crippen LogP contribution in [0.1, 0.15) is 46.0 Å². The molecular weight excluding hydrogens is 523 g/mol. The number of nitrogens with zero attached hydrogens (tertiary/aromatic N) is 2. The maximum absolute atomic E-state index is 12.3. The first-order valence-electron chi connectivity index (χ1n) is 12.1.